The molecule has 0 N–H and O–H groups in total. The van der Waals surface area contributed by atoms with Gasteiger partial charge in [0.25, 0.3) is 0 Å². The first-order chi connectivity index (χ1) is 19.2. The van der Waals surface area contributed by atoms with Crippen LogP contribution in [0.2, 0.25) is 0 Å². The molecule has 3 aromatic carbocycles. The Morgan fingerprint density at radius 1 is 0.850 bits per heavy atom. The molecule has 4 rings (SSSR count). The Hall–Kier alpha value is -4.37. The molecular formula is C31H33NO8. The van der Waals surface area contributed by atoms with E-state index in [0.717, 1.165) is 22.3 Å². The van der Waals surface area contributed by atoms with Gasteiger partial charge in [0.2, 0.25) is 11.2 Å². The second-order valence-corrected chi connectivity index (χ2v) is 9.52. The maximum absolute atomic E-state index is 13.2. The molecule has 1 atom stereocenters. The van der Waals surface area contributed by atoms with Gasteiger partial charge in [0, 0.05) is 37.6 Å². The third-order valence-electron chi connectivity index (χ3n) is 6.91. The highest BCUT2D eigenvalue weighted by atomic mass is 16.6. The molecule has 0 bridgehead atoms. The van der Waals surface area contributed by atoms with Crippen LogP contribution < -0.4 is 29.1 Å². The minimum absolute atomic E-state index is 0.171. The second kappa shape index (κ2) is 12.2. The van der Waals surface area contributed by atoms with Crippen molar-refractivity contribution >= 4 is 11.9 Å². The fraction of sp³-hybridized carbons (Fsp3) is 0.323. The van der Waals surface area contributed by atoms with Crippen molar-refractivity contribution in [2.75, 3.05) is 28.4 Å². The maximum Gasteiger partial charge on any atom is 0.308 e. The van der Waals surface area contributed by atoms with E-state index >= 15 is 0 Å². The molecule has 0 saturated carbocycles. The van der Waals surface area contributed by atoms with Crippen LogP contribution in [-0.2, 0) is 22.6 Å². The topological polar surface area (TPSA) is 101 Å². The minimum atomic E-state index is -0.517. The molecular weight excluding hydrogens is 514 g/mol. The van der Waals surface area contributed by atoms with Crippen molar-refractivity contribution in [2.24, 2.45) is 0 Å². The highest BCUT2D eigenvalue weighted by molar-refractivity contribution is 5.84. The molecule has 40 heavy (non-hydrogen) atoms. The first-order valence-electron chi connectivity index (χ1n) is 12.8. The first kappa shape index (κ1) is 28.6. The van der Waals surface area contributed by atoms with Gasteiger partial charge in [0.15, 0.2) is 17.2 Å². The van der Waals surface area contributed by atoms with E-state index in [1.54, 1.807) is 18.2 Å². The number of ether oxygens (including phenoxy) is 5. The lowest BCUT2D eigenvalue weighted by molar-refractivity contribution is -0.133. The lowest BCUT2D eigenvalue weighted by Gasteiger charge is -2.29. The molecule has 0 amide bonds. The Bertz CT molecular complexity index is 1500. The molecule has 9 heteroatoms. The molecule has 210 valence electrons. The van der Waals surface area contributed by atoms with Crippen molar-refractivity contribution in [3.05, 3.63) is 75.4 Å². The summed E-state index contributed by atoms with van der Waals surface area (Å²) in [6, 6.07) is 14.1. The summed E-state index contributed by atoms with van der Waals surface area (Å²) in [5, 5.41) is 0. The van der Waals surface area contributed by atoms with Crippen molar-refractivity contribution in [3.8, 4) is 39.9 Å². The summed E-state index contributed by atoms with van der Waals surface area (Å²) >= 11 is 0. The van der Waals surface area contributed by atoms with Crippen molar-refractivity contribution in [1.29, 1.82) is 0 Å². The lowest BCUT2D eigenvalue weighted by atomic mass is 9.95. The average molecular weight is 548 g/mol. The van der Waals surface area contributed by atoms with Crippen molar-refractivity contribution in [3.63, 3.8) is 0 Å². The third kappa shape index (κ3) is 5.79. The highest BCUT2D eigenvalue weighted by Gasteiger charge is 2.31. The molecule has 0 saturated heterocycles. The summed E-state index contributed by atoms with van der Waals surface area (Å²) in [6.07, 6.45) is 1.27. The fourth-order valence-electron chi connectivity index (χ4n) is 5.22. The van der Waals surface area contributed by atoms with Gasteiger partial charge in [-0.05, 0) is 60.8 Å². The van der Waals surface area contributed by atoms with E-state index in [1.165, 1.54) is 35.2 Å². The number of hydrogen-bond donors (Lipinski definition) is 0. The smallest absolute Gasteiger partial charge is 0.308 e. The van der Waals surface area contributed by atoms with E-state index in [4.69, 9.17) is 23.7 Å². The van der Waals surface area contributed by atoms with Crippen LogP contribution in [0.1, 0.15) is 43.0 Å². The van der Waals surface area contributed by atoms with Gasteiger partial charge in [-0.2, -0.15) is 0 Å². The summed E-state index contributed by atoms with van der Waals surface area (Å²) in [4.78, 5) is 39.0. The molecule has 0 aromatic heterocycles. The number of para-hydroxylation sites is 1. The number of esters is 2. The Morgan fingerprint density at radius 2 is 1.55 bits per heavy atom. The Balaban J connectivity index is 1.93. The maximum atomic E-state index is 13.2. The summed E-state index contributed by atoms with van der Waals surface area (Å²) < 4.78 is 27.8. The van der Waals surface area contributed by atoms with Crippen LogP contribution in [0.3, 0.4) is 0 Å². The number of carbonyl (C=O) groups is 2. The molecule has 3 aromatic rings. The van der Waals surface area contributed by atoms with Gasteiger partial charge < -0.3 is 23.7 Å². The zero-order valence-electron chi connectivity index (χ0n) is 23.5. The van der Waals surface area contributed by atoms with Crippen molar-refractivity contribution in [1.82, 2.24) is 4.90 Å². The summed E-state index contributed by atoms with van der Waals surface area (Å²) in [6.45, 7) is 3.13. The van der Waals surface area contributed by atoms with Gasteiger partial charge in [-0.25, -0.2) is 0 Å². The number of methoxy groups -OCH3 is 3. The summed E-state index contributed by atoms with van der Waals surface area (Å²) in [5.74, 6) is 0.653. The Morgan fingerprint density at radius 3 is 2.20 bits per heavy atom. The predicted octanol–water partition coefficient (Wildman–Crippen LogP) is 4.71. The number of benzene rings is 2. The van der Waals surface area contributed by atoms with E-state index in [9.17, 15) is 14.4 Å². The van der Waals surface area contributed by atoms with Crippen molar-refractivity contribution in [2.45, 2.75) is 39.3 Å². The van der Waals surface area contributed by atoms with Gasteiger partial charge in [-0.15, -0.1) is 0 Å². The van der Waals surface area contributed by atoms with Crippen LogP contribution in [0.4, 0.5) is 0 Å². The van der Waals surface area contributed by atoms with Crippen LogP contribution in [0.15, 0.2) is 53.3 Å². The van der Waals surface area contributed by atoms with E-state index in [1.807, 2.05) is 37.4 Å². The molecule has 0 unspecified atom stereocenters. The molecule has 0 radical (unpaired) electrons. The summed E-state index contributed by atoms with van der Waals surface area (Å²) in [7, 11) is 6.43. The number of fused-ring (bicyclic) bond motifs is 3. The fourth-order valence-corrected chi connectivity index (χ4v) is 5.22. The molecule has 0 spiro atoms. The Kier molecular flexibility index (Phi) is 8.74. The van der Waals surface area contributed by atoms with Crippen LogP contribution >= 0.6 is 0 Å². The van der Waals surface area contributed by atoms with E-state index in [-0.39, 0.29) is 23.0 Å². The van der Waals surface area contributed by atoms with Crippen molar-refractivity contribution < 1.29 is 33.3 Å². The van der Waals surface area contributed by atoms with Crippen LogP contribution in [0, 0.1) is 0 Å². The largest absolute Gasteiger partial charge is 0.493 e. The zero-order valence-corrected chi connectivity index (χ0v) is 23.5. The van der Waals surface area contributed by atoms with E-state index < -0.39 is 11.9 Å². The molecule has 0 aliphatic heterocycles. The first-order valence-corrected chi connectivity index (χ1v) is 12.8. The van der Waals surface area contributed by atoms with Crippen LogP contribution in [-0.4, -0.2) is 45.2 Å². The van der Waals surface area contributed by atoms with E-state index in [0.29, 0.717) is 42.2 Å². The second-order valence-electron chi connectivity index (χ2n) is 9.52. The number of hydrogen-bond acceptors (Lipinski definition) is 9. The molecule has 1 aliphatic carbocycles. The highest BCUT2D eigenvalue weighted by Crippen LogP contribution is 2.51. The number of aryl methyl sites for hydroxylation is 1. The van der Waals surface area contributed by atoms with Gasteiger partial charge in [0.05, 0.1) is 21.3 Å². The van der Waals surface area contributed by atoms with E-state index in [2.05, 4.69) is 4.90 Å². The molecule has 0 heterocycles. The predicted molar refractivity (Wildman–Crippen MR) is 149 cm³/mol. The van der Waals surface area contributed by atoms with Gasteiger partial charge >= 0.3 is 11.9 Å². The van der Waals surface area contributed by atoms with Crippen LogP contribution in [0.5, 0.6) is 28.7 Å². The van der Waals surface area contributed by atoms with Gasteiger partial charge in [-0.3, -0.25) is 19.3 Å². The lowest BCUT2D eigenvalue weighted by Crippen LogP contribution is -2.25. The SMILES string of the molecule is COc1cc2c(c(OC)c1OC(C)=O)-c1ccc(OC)c(=O)cc1[C@@H](N(C)Cc1ccccc1OC(C)=O)CC2. The monoisotopic (exact) mass is 547 g/mol. The molecule has 0 fully saturated rings. The minimum Gasteiger partial charge on any atom is -0.493 e. The number of nitrogens with zero attached hydrogens (tertiary/aromatic N) is 1. The normalized spacial score (nSPS) is 13.9. The van der Waals surface area contributed by atoms with Gasteiger partial charge in [0.1, 0.15) is 5.75 Å². The summed E-state index contributed by atoms with van der Waals surface area (Å²) in [5.41, 5.74) is 3.70. The number of rotatable bonds is 8. The number of carbonyl (C=O) groups excluding carboxylic acids is 2. The average Bonchev–Trinajstić information content (AvgIpc) is 3.16. The third-order valence-corrected chi connectivity index (χ3v) is 6.91. The quantitative estimate of drug-likeness (QED) is 0.293. The van der Waals surface area contributed by atoms with Crippen LogP contribution in [0.25, 0.3) is 11.1 Å². The standard InChI is InChI=1S/C31H33NO8/c1-18(33)39-26-10-8-7-9-21(26)17-32(3)24-13-11-20-15-28(37-5)30(40-19(2)34)31(38-6)29(20)22-12-14-27(36-4)25(35)16-23(22)24/h7-10,12,14-16,24H,11,13,17H2,1-6H3/t24-/m0/s1. The zero-order chi connectivity index (χ0) is 29.0. The Labute approximate surface area is 233 Å². The molecule has 9 nitrogen and oxygen atoms in total. The van der Waals surface area contributed by atoms with Gasteiger partial charge in [-0.1, -0.05) is 24.3 Å². The molecule has 1 aliphatic rings.